The molecule has 5 rings (SSSR count). The van der Waals surface area contributed by atoms with Gasteiger partial charge in [0.25, 0.3) is 5.89 Å². The largest absolute Gasteiger partial charge is 0.351 e. The molecule has 1 aliphatic heterocycles. The van der Waals surface area contributed by atoms with Crippen LogP contribution in [0.25, 0.3) is 16.3 Å². The number of rotatable bonds is 5. The van der Waals surface area contributed by atoms with Crippen LogP contribution in [0.15, 0.2) is 82.3 Å². The lowest BCUT2D eigenvalue weighted by molar-refractivity contribution is 0.396. The van der Waals surface area contributed by atoms with E-state index in [1.807, 2.05) is 47.5 Å². The minimum atomic E-state index is -0.341. The Morgan fingerprint density at radius 3 is 2.59 bits per heavy atom. The van der Waals surface area contributed by atoms with E-state index in [9.17, 15) is 4.39 Å². The van der Waals surface area contributed by atoms with Gasteiger partial charge in [0.05, 0.1) is 16.5 Å². The molecule has 0 spiro atoms. The maximum Gasteiger partial charge on any atom is 0.258 e. The molecule has 4 aromatic rings. The van der Waals surface area contributed by atoms with E-state index in [1.54, 1.807) is 23.5 Å². The second-order valence-electron chi connectivity index (χ2n) is 7.41. The van der Waals surface area contributed by atoms with Gasteiger partial charge in [-0.3, -0.25) is 0 Å². The SMILES string of the molecule is CC1=C(c2nc(-c3cccs3)no2)C(c2ccc(F)cc2)NC(=S)N1Cc1ccccc1. The van der Waals surface area contributed by atoms with Crippen LogP contribution in [0.1, 0.15) is 30.0 Å². The molecule has 0 radical (unpaired) electrons. The molecule has 0 saturated carbocycles. The lowest BCUT2D eigenvalue weighted by Gasteiger charge is -2.37. The zero-order valence-corrected chi connectivity index (χ0v) is 18.8. The summed E-state index contributed by atoms with van der Waals surface area (Å²) in [6.45, 7) is 2.60. The van der Waals surface area contributed by atoms with E-state index < -0.39 is 0 Å². The van der Waals surface area contributed by atoms with Crippen LogP contribution >= 0.6 is 23.6 Å². The molecule has 1 unspecified atom stereocenters. The fraction of sp³-hybridized carbons (Fsp3) is 0.125. The summed E-state index contributed by atoms with van der Waals surface area (Å²) in [5, 5.41) is 10.1. The molecular weight excluding hydrogens is 443 g/mol. The standard InChI is InChI=1S/C24H19FN4OS2/c1-15-20(23-27-22(28-30-23)19-8-5-13-32-19)21(17-9-11-18(25)12-10-17)26-24(31)29(15)14-16-6-3-2-4-7-16/h2-13,21H,14H2,1H3,(H,26,31). The summed E-state index contributed by atoms with van der Waals surface area (Å²) < 4.78 is 19.3. The molecule has 0 amide bonds. The number of aromatic nitrogens is 2. The van der Waals surface area contributed by atoms with Gasteiger partial charge in [-0.05, 0) is 53.8 Å². The number of benzene rings is 2. The molecule has 0 bridgehead atoms. The molecule has 32 heavy (non-hydrogen) atoms. The van der Waals surface area contributed by atoms with Crippen molar-refractivity contribution in [2.24, 2.45) is 0 Å². The van der Waals surface area contributed by atoms with Gasteiger partial charge in [-0.1, -0.05) is 53.7 Å². The highest BCUT2D eigenvalue weighted by molar-refractivity contribution is 7.80. The van der Waals surface area contributed by atoms with E-state index in [-0.39, 0.29) is 11.9 Å². The van der Waals surface area contributed by atoms with Gasteiger partial charge in [-0.2, -0.15) is 4.98 Å². The predicted molar refractivity (Wildman–Crippen MR) is 127 cm³/mol. The molecule has 3 heterocycles. The first-order valence-electron chi connectivity index (χ1n) is 10.1. The van der Waals surface area contributed by atoms with Crippen molar-refractivity contribution in [3.63, 3.8) is 0 Å². The molecule has 160 valence electrons. The Hall–Kier alpha value is -3.36. The number of hydrogen-bond acceptors (Lipinski definition) is 5. The summed E-state index contributed by atoms with van der Waals surface area (Å²) in [6.07, 6.45) is 0. The summed E-state index contributed by atoms with van der Waals surface area (Å²) in [5.74, 6) is 0.655. The molecular formula is C24H19FN4OS2. The van der Waals surface area contributed by atoms with Gasteiger partial charge in [0.2, 0.25) is 5.82 Å². The summed E-state index contributed by atoms with van der Waals surface area (Å²) in [7, 11) is 0. The van der Waals surface area contributed by atoms with Crippen molar-refractivity contribution in [1.29, 1.82) is 0 Å². The van der Waals surface area contributed by atoms with E-state index in [2.05, 4.69) is 27.6 Å². The van der Waals surface area contributed by atoms with Crippen molar-refractivity contribution in [3.05, 3.63) is 101 Å². The second kappa shape index (κ2) is 8.64. The fourth-order valence-corrected chi connectivity index (χ4v) is 4.73. The molecule has 1 atom stereocenters. The van der Waals surface area contributed by atoms with Crippen molar-refractivity contribution in [1.82, 2.24) is 20.4 Å². The van der Waals surface area contributed by atoms with Crippen LogP contribution in [0, 0.1) is 5.82 Å². The Morgan fingerprint density at radius 2 is 1.88 bits per heavy atom. The highest BCUT2D eigenvalue weighted by Crippen LogP contribution is 2.38. The van der Waals surface area contributed by atoms with Gasteiger partial charge in [-0.25, -0.2) is 4.39 Å². The number of halogens is 1. The second-order valence-corrected chi connectivity index (χ2v) is 8.74. The van der Waals surface area contributed by atoms with Crippen LogP contribution in [-0.2, 0) is 6.54 Å². The minimum absolute atomic E-state index is 0.294. The monoisotopic (exact) mass is 462 g/mol. The number of nitrogens with one attached hydrogen (secondary N) is 1. The van der Waals surface area contributed by atoms with Crippen molar-refractivity contribution < 1.29 is 8.91 Å². The average Bonchev–Trinajstić information content (AvgIpc) is 3.50. The molecule has 5 nitrogen and oxygen atoms in total. The molecule has 2 aromatic heterocycles. The highest BCUT2D eigenvalue weighted by Gasteiger charge is 2.34. The summed E-state index contributed by atoms with van der Waals surface area (Å²) in [5.41, 5.74) is 3.71. The summed E-state index contributed by atoms with van der Waals surface area (Å²) in [4.78, 5) is 7.63. The number of allylic oxidation sites excluding steroid dienone is 1. The molecule has 1 aliphatic rings. The fourth-order valence-electron chi connectivity index (χ4n) is 3.76. The van der Waals surface area contributed by atoms with Crippen LogP contribution in [-0.4, -0.2) is 20.2 Å². The summed E-state index contributed by atoms with van der Waals surface area (Å²) in [6, 6.07) is 20.0. The number of thiophene rings is 1. The first kappa shape index (κ1) is 20.5. The molecule has 0 saturated heterocycles. The van der Waals surface area contributed by atoms with Gasteiger partial charge < -0.3 is 14.7 Å². The third-order valence-corrected chi connectivity index (χ3v) is 6.59. The third kappa shape index (κ3) is 3.94. The van der Waals surface area contributed by atoms with Crippen LogP contribution in [0.4, 0.5) is 4.39 Å². The van der Waals surface area contributed by atoms with Gasteiger partial charge in [-0.15, -0.1) is 11.3 Å². The van der Waals surface area contributed by atoms with Gasteiger partial charge in [0.15, 0.2) is 5.11 Å². The molecule has 0 fully saturated rings. The first-order valence-corrected chi connectivity index (χ1v) is 11.3. The molecule has 2 aromatic carbocycles. The van der Waals surface area contributed by atoms with E-state index in [1.165, 1.54) is 12.1 Å². The molecule has 0 aliphatic carbocycles. The topological polar surface area (TPSA) is 54.2 Å². The zero-order chi connectivity index (χ0) is 22.1. The van der Waals surface area contributed by atoms with Crippen LogP contribution in [0.2, 0.25) is 0 Å². The number of thiocarbonyl (C=S) groups is 1. The predicted octanol–water partition coefficient (Wildman–Crippen LogP) is 5.80. The smallest absolute Gasteiger partial charge is 0.258 e. The highest BCUT2D eigenvalue weighted by atomic mass is 32.1. The van der Waals surface area contributed by atoms with E-state index in [0.717, 1.165) is 27.3 Å². The van der Waals surface area contributed by atoms with Crippen LogP contribution < -0.4 is 5.32 Å². The Labute approximate surface area is 194 Å². The van der Waals surface area contributed by atoms with Crippen LogP contribution in [0.5, 0.6) is 0 Å². The maximum absolute atomic E-state index is 13.6. The Bertz CT molecular complexity index is 1270. The molecule has 1 N–H and O–H groups in total. The van der Waals surface area contributed by atoms with E-state index in [0.29, 0.717) is 23.4 Å². The molecule has 8 heteroatoms. The number of hydrogen-bond donors (Lipinski definition) is 1. The summed E-state index contributed by atoms with van der Waals surface area (Å²) >= 11 is 7.27. The van der Waals surface area contributed by atoms with E-state index in [4.69, 9.17) is 16.7 Å². The van der Waals surface area contributed by atoms with Crippen LogP contribution in [0.3, 0.4) is 0 Å². The minimum Gasteiger partial charge on any atom is -0.351 e. The Morgan fingerprint density at radius 1 is 1.09 bits per heavy atom. The zero-order valence-electron chi connectivity index (χ0n) is 17.2. The lowest BCUT2D eigenvalue weighted by atomic mass is 9.94. The Kier molecular flexibility index (Phi) is 5.55. The average molecular weight is 463 g/mol. The number of nitrogens with zero attached hydrogens (tertiary/aromatic N) is 3. The van der Waals surface area contributed by atoms with Gasteiger partial charge in [0.1, 0.15) is 5.82 Å². The first-order chi connectivity index (χ1) is 15.6. The van der Waals surface area contributed by atoms with Crippen molar-refractivity contribution in [2.45, 2.75) is 19.5 Å². The lowest BCUT2D eigenvalue weighted by Crippen LogP contribution is -2.45. The quantitative estimate of drug-likeness (QED) is 0.378. The van der Waals surface area contributed by atoms with Crippen molar-refractivity contribution in [2.75, 3.05) is 0 Å². The van der Waals surface area contributed by atoms with Crippen molar-refractivity contribution >= 4 is 34.2 Å². The van der Waals surface area contributed by atoms with Crippen molar-refractivity contribution in [3.8, 4) is 10.7 Å². The van der Waals surface area contributed by atoms with Gasteiger partial charge >= 0.3 is 0 Å². The third-order valence-electron chi connectivity index (χ3n) is 5.38. The van der Waals surface area contributed by atoms with Gasteiger partial charge in [0, 0.05) is 12.2 Å². The Balaban J connectivity index is 1.60. The van der Waals surface area contributed by atoms with E-state index >= 15 is 0 Å². The normalized spacial score (nSPS) is 16.4. The maximum atomic E-state index is 13.6.